The number of aromatic amines is 1. The molecule has 3 aliphatic rings. The van der Waals surface area contributed by atoms with Crippen LogP contribution in [-0.4, -0.2) is 105 Å². The van der Waals surface area contributed by atoms with Crippen LogP contribution in [0.2, 0.25) is 0 Å². The zero-order chi connectivity index (χ0) is 41.4. The van der Waals surface area contributed by atoms with Crippen molar-refractivity contribution in [2.45, 2.75) is 58.0 Å². The molecule has 0 saturated heterocycles. The zero-order valence-electron chi connectivity index (χ0n) is 32.3. The molecule has 1 fully saturated rings. The first-order chi connectivity index (χ1) is 26.6. The van der Waals surface area contributed by atoms with E-state index in [9.17, 15) is 24.0 Å². The van der Waals surface area contributed by atoms with E-state index < -0.39 is 29.5 Å². The van der Waals surface area contributed by atoms with Gasteiger partial charge in [-0.3, -0.25) is 4.79 Å². The van der Waals surface area contributed by atoms with Gasteiger partial charge in [-0.2, -0.15) is 0 Å². The predicted molar refractivity (Wildman–Crippen MR) is 207 cm³/mol. The molecule has 1 heterocycles. The van der Waals surface area contributed by atoms with Crippen LogP contribution in [0, 0.1) is 17.8 Å². The summed E-state index contributed by atoms with van der Waals surface area (Å²) in [5.74, 6) is -2.13. The number of aromatic nitrogens is 2. The van der Waals surface area contributed by atoms with E-state index in [1.807, 2.05) is 26.0 Å². The molecule has 1 saturated carbocycles. The highest BCUT2D eigenvalue weighted by Crippen LogP contribution is 2.53. The maximum Gasteiger partial charge on any atom is 0.328 e. The molecule has 5 N–H and O–H groups in total. The second-order valence-corrected chi connectivity index (χ2v) is 13.8. The van der Waals surface area contributed by atoms with Crippen molar-refractivity contribution >= 4 is 46.5 Å². The van der Waals surface area contributed by atoms with E-state index in [2.05, 4.69) is 53.3 Å². The van der Waals surface area contributed by atoms with Gasteiger partial charge in [0.2, 0.25) is 0 Å². The van der Waals surface area contributed by atoms with E-state index in [-0.39, 0.29) is 17.8 Å². The Kier molecular flexibility index (Phi) is 16.8. The van der Waals surface area contributed by atoms with Crippen LogP contribution >= 0.6 is 0 Å². The van der Waals surface area contributed by atoms with Crippen LogP contribution in [0.5, 0.6) is 11.5 Å². The Bertz CT molecular complexity index is 1810. The summed E-state index contributed by atoms with van der Waals surface area (Å²) in [5.41, 5.74) is 3.98. The molecule has 6 rings (SSSR count). The Morgan fingerprint density at radius 3 is 1.93 bits per heavy atom. The van der Waals surface area contributed by atoms with E-state index >= 15 is 0 Å². The van der Waals surface area contributed by atoms with Crippen molar-refractivity contribution in [3.05, 3.63) is 84.2 Å². The molecule has 0 radical (unpaired) electrons. The minimum Gasteiger partial charge on any atom is -0.494 e. The van der Waals surface area contributed by atoms with Crippen LogP contribution in [0.15, 0.2) is 72.8 Å². The molecule has 3 atom stereocenters. The number of carbonyl (C=O) groups excluding carboxylic acids is 1. The summed E-state index contributed by atoms with van der Waals surface area (Å²) < 4.78 is 17.4. The van der Waals surface area contributed by atoms with Crippen molar-refractivity contribution in [3.63, 3.8) is 0 Å². The fourth-order valence-electron chi connectivity index (χ4n) is 6.74. The molecule has 0 amide bonds. The van der Waals surface area contributed by atoms with Gasteiger partial charge in [0.25, 0.3) is 0 Å². The number of rotatable bonds is 16. The molecule has 0 spiro atoms. The lowest BCUT2D eigenvalue weighted by Crippen LogP contribution is -2.51. The Labute approximate surface area is 325 Å². The molecular formula is C41H51N3O12. The lowest BCUT2D eigenvalue weighted by molar-refractivity contribution is -0.176. The molecule has 3 aliphatic carbocycles. The minimum absolute atomic E-state index is 0.0828. The van der Waals surface area contributed by atoms with Crippen molar-refractivity contribution in [2.75, 3.05) is 34.4 Å². The van der Waals surface area contributed by atoms with Crippen molar-refractivity contribution in [1.29, 1.82) is 0 Å². The van der Waals surface area contributed by atoms with Gasteiger partial charge < -0.3 is 44.5 Å². The summed E-state index contributed by atoms with van der Waals surface area (Å²) in [6.45, 7) is 5.67. The molecule has 1 aromatic heterocycles. The van der Waals surface area contributed by atoms with Gasteiger partial charge >= 0.3 is 29.8 Å². The molecule has 0 aliphatic heterocycles. The van der Waals surface area contributed by atoms with Crippen molar-refractivity contribution in [2.24, 2.45) is 17.8 Å². The van der Waals surface area contributed by atoms with Crippen LogP contribution in [-0.2, 0) is 35.1 Å². The molecule has 0 unspecified atom stereocenters. The topological polar surface area (TPSA) is 226 Å². The van der Waals surface area contributed by atoms with Gasteiger partial charge in [0.05, 0.1) is 20.1 Å². The molecule has 15 heteroatoms. The quantitative estimate of drug-likeness (QED) is 0.0868. The number of carboxylic acids is 4. The second kappa shape index (κ2) is 21.2. The van der Waals surface area contributed by atoms with Gasteiger partial charge in [0, 0.05) is 49.6 Å². The number of fused-ring (bicyclic) bond motifs is 3. The van der Waals surface area contributed by atoms with Gasteiger partial charge in [-0.05, 0) is 68.5 Å². The average Bonchev–Trinajstić information content (AvgIpc) is 3.60. The predicted octanol–water partition coefficient (Wildman–Crippen LogP) is 5.71. The second-order valence-electron chi connectivity index (χ2n) is 13.8. The number of ether oxygens (including phenoxy) is 3. The first-order valence-electron chi connectivity index (χ1n) is 18.1. The Hall–Kier alpha value is -5.96. The molecular weight excluding hydrogens is 726 g/mol. The SMILES string of the molecule is COc1ccc(OC)c2[nH]c(CCCN(C)CC[C@]3(OC(=O)C(C)C)C[C@H]4CC[C@@H]3C=C4c3ccccc3)nc12.O=C(O)/C=C\C(=O)O.O=C(O)/C=C\C(=O)O. The third-order valence-electron chi connectivity index (χ3n) is 9.46. The van der Waals surface area contributed by atoms with Crippen molar-refractivity contribution < 1.29 is 58.6 Å². The maximum absolute atomic E-state index is 12.9. The number of nitrogens with zero attached hydrogens (tertiary/aromatic N) is 2. The van der Waals surface area contributed by atoms with Gasteiger partial charge in [0.15, 0.2) is 0 Å². The standard InChI is InChI=1S/C33H43N3O4.2C4H4O4/c1-22(2)32(37)40-33(21-24-13-14-25(33)20-26(24)23-10-7-6-8-11-23)17-19-36(3)18-9-12-29-34-30-27(38-4)15-16-28(39-5)31(30)35-29;2*5-3(6)1-2-4(7)8/h6-8,10-11,15-16,20,22,24-25H,9,12-14,17-19,21H2,1-5H3,(H,34,35);2*1-2H,(H,5,6)(H,7,8)/b;2*2-1-/t24-,25-,33+;;/m1../s1. The summed E-state index contributed by atoms with van der Waals surface area (Å²) in [6.07, 6.45) is 10.4. The Morgan fingerprint density at radius 1 is 0.857 bits per heavy atom. The molecule has 15 nitrogen and oxygen atoms in total. The number of hydrogen-bond donors (Lipinski definition) is 5. The number of hydrogen-bond acceptors (Lipinski definition) is 10. The van der Waals surface area contributed by atoms with E-state index in [0.717, 1.165) is 80.0 Å². The van der Waals surface area contributed by atoms with Crippen molar-refractivity contribution in [1.82, 2.24) is 14.9 Å². The van der Waals surface area contributed by atoms with Gasteiger partial charge in [-0.15, -0.1) is 0 Å². The number of aliphatic carboxylic acids is 4. The number of esters is 1. The Morgan fingerprint density at radius 2 is 1.43 bits per heavy atom. The smallest absolute Gasteiger partial charge is 0.328 e. The van der Waals surface area contributed by atoms with Crippen LogP contribution in [0.1, 0.15) is 57.3 Å². The summed E-state index contributed by atoms with van der Waals surface area (Å²) in [5, 5.41) is 31.2. The summed E-state index contributed by atoms with van der Waals surface area (Å²) in [7, 11) is 5.49. The molecule has 3 aromatic rings. The zero-order valence-corrected chi connectivity index (χ0v) is 32.3. The fourth-order valence-corrected chi connectivity index (χ4v) is 6.74. The number of benzene rings is 2. The maximum atomic E-state index is 12.9. The highest BCUT2D eigenvalue weighted by atomic mass is 16.6. The number of nitrogens with one attached hydrogen (secondary N) is 1. The third-order valence-corrected chi connectivity index (χ3v) is 9.46. The van der Waals surface area contributed by atoms with E-state index in [4.69, 9.17) is 39.6 Å². The number of carboxylic acid groups (broad SMARTS) is 4. The first kappa shape index (κ1) is 44.4. The molecule has 302 valence electrons. The highest BCUT2D eigenvalue weighted by molar-refractivity contribution is 5.90. The van der Waals surface area contributed by atoms with Crippen LogP contribution in [0.3, 0.4) is 0 Å². The van der Waals surface area contributed by atoms with Gasteiger partial charge in [-0.1, -0.05) is 50.3 Å². The average molecular weight is 778 g/mol. The normalized spacial score (nSPS) is 18.5. The third kappa shape index (κ3) is 13.1. The summed E-state index contributed by atoms with van der Waals surface area (Å²) in [4.78, 5) is 61.7. The number of H-pyrrole nitrogens is 1. The molecule has 2 bridgehead atoms. The van der Waals surface area contributed by atoms with Crippen molar-refractivity contribution in [3.8, 4) is 11.5 Å². The first-order valence-corrected chi connectivity index (χ1v) is 18.1. The highest BCUT2D eigenvalue weighted by Gasteiger charge is 2.50. The monoisotopic (exact) mass is 777 g/mol. The number of carbonyl (C=O) groups is 5. The van der Waals surface area contributed by atoms with Gasteiger partial charge in [-0.25, -0.2) is 24.2 Å². The minimum atomic E-state index is -1.26. The molecule has 2 aromatic carbocycles. The number of allylic oxidation sites excluding steroid dienone is 1. The summed E-state index contributed by atoms with van der Waals surface area (Å²) >= 11 is 0. The van der Waals surface area contributed by atoms with E-state index in [1.165, 1.54) is 11.1 Å². The lowest BCUT2D eigenvalue weighted by atomic mass is 9.60. The Balaban J connectivity index is 0.000000441. The summed E-state index contributed by atoms with van der Waals surface area (Å²) in [6, 6.07) is 14.5. The van der Waals surface area contributed by atoms with Gasteiger partial charge in [0.1, 0.15) is 34.0 Å². The number of imidazole rings is 1. The van der Waals surface area contributed by atoms with Crippen LogP contribution < -0.4 is 9.47 Å². The van der Waals surface area contributed by atoms with Crippen LogP contribution in [0.4, 0.5) is 0 Å². The number of aryl methyl sites for hydroxylation is 1. The number of methoxy groups -OCH3 is 2. The largest absolute Gasteiger partial charge is 0.494 e. The fraction of sp³-hybridized carbons (Fsp3) is 0.415. The van der Waals surface area contributed by atoms with Crippen LogP contribution in [0.25, 0.3) is 16.6 Å². The lowest BCUT2D eigenvalue weighted by Gasteiger charge is -2.50. The van der Waals surface area contributed by atoms with E-state index in [1.54, 1.807) is 14.2 Å². The molecule has 56 heavy (non-hydrogen) atoms. The van der Waals surface area contributed by atoms with E-state index in [0.29, 0.717) is 30.2 Å².